The Morgan fingerprint density at radius 1 is 1.27 bits per heavy atom. The van der Waals surface area contributed by atoms with Crippen molar-refractivity contribution < 1.29 is 19.6 Å². The first-order chi connectivity index (χ1) is 10.2. The van der Waals surface area contributed by atoms with Crippen molar-refractivity contribution in [2.45, 2.75) is 45.6 Å². The normalized spacial score (nSPS) is 11.0. The number of nitrogens with one attached hydrogen (secondary N) is 1. The van der Waals surface area contributed by atoms with E-state index in [1.807, 2.05) is 0 Å². The number of rotatable bonds is 7. The van der Waals surface area contributed by atoms with Crippen molar-refractivity contribution in [3.05, 3.63) is 39.4 Å². The van der Waals surface area contributed by atoms with Crippen LogP contribution < -0.4 is 5.32 Å². The lowest BCUT2D eigenvalue weighted by molar-refractivity contribution is -0.384. The number of aliphatic carboxylic acids is 1. The third-order valence-corrected chi connectivity index (χ3v) is 3.76. The van der Waals surface area contributed by atoms with Gasteiger partial charge in [-0.15, -0.1) is 0 Å². The van der Waals surface area contributed by atoms with E-state index < -0.39 is 22.3 Å². The molecule has 0 saturated carbocycles. The highest BCUT2D eigenvalue weighted by Gasteiger charge is 2.31. The van der Waals surface area contributed by atoms with E-state index in [1.165, 1.54) is 12.1 Å². The molecule has 1 rings (SSSR count). The zero-order valence-corrected chi connectivity index (χ0v) is 12.9. The Bertz CT molecular complexity index is 594. The SMILES string of the molecule is CCC(CC)(CC(=O)O)NC(=O)c1cc(C)cc([N+](=O)[O-])c1. The molecule has 0 aliphatic heterocycles. The van der Waals surface area contributed by atoms with Crippen LogP contribution in [0.4, 0.5) is 5.69 Å². The quantitative estimate of drug-likeness (QED) is 0.594. The maximum absolute atomic E-state index is 12.4. The van der Waals surface area contributed by atoms with Gasteiger partial charge in [-0.05, 0) is 31.4 Å². The molecule has 0 radical (unpaired) electrons. The number of carboxylic acid groups (broad SMARTS) is 1. The minimum Gasteiger partial charge on any atom is -0.481 e. The summed E-state index contributed by atoms with van der Waals surface area (Å²) in [5.41, 5.74) is -0.275. The van der Waals surface area contributed by atoms with E-state index in [0.717, 1.165) is 0 Å². The smallest absolute Gasteiger partial charge is 0.305 e. The van der Waals surface area contributed by atoms with Crippen LogP contribution in [-0.2, 0) is 4.79 Å². The van der Waals surface area contributed by atoms with Gasteiger partial charge in [0, 0.05) is 17.7 Å². The zero-order valence-electron chi connectivity index (χ0n) is 12.9. The highest BCUT2D eigenvalue weighted by Crippen LogP contribution is 2.22. The van der Waals surface area contributed by atoms with E-state index in [4.69, 9.17) is 5.11 Å². The molecule has 22 heavy (non-hydrogen) atoms. The molecule has 0 saturated heterocycles. The number of carbonyl (C=O) groups excluding carboxylic acids is 1. The molecule has 1 amide bonds. The molecule has 0 bridgehead atoms. The minimum absolute atomic E-state index is 0.156. The monoisotopic (exact) mass is 308 g/mol. The Morgan fingerprint density at radius 3 is 2.32 bits per heavy atom. The summed E-state index contributed by atoms with van der Waals surface area (Å²) in [5.74, 6) is -1.50. The average Bonchev–Trinajstić information content (AvgIpc) is 2.45. The largest absolute Gasteiger partial charge is 0.481 e. The van der Waals surface area contributed by atoms with Crippen molar-refractivity contribution in [3.63, 3.8) is 0 Å². The summed E-state index contributed by atoms with van der Waals surface area (Å²) in [6, 6.07) is 4.11. The molecule has 0 heterocycles. The summed E-state index contributed by atoms with van der Waals surface area (Å²) in [5, 5.41) is 22.6. The first-order valence-corrected chi connectivity index (χ1v) is 7.03. The second-order valence-corrected chi connectivity index (χ2v) is 5.33. The molecule has 1 aromatic carbocycles. The van der Waals surface area contributed by atoms with E-state index in [9.17, 15) is 19.7 Å². The molecule has 7 nitrogen and oxygen atoms in total. The van der Waals surface area contributed by atoms with Gasteiger partial charge in [-0.1, -0.05) is 13.8 Å². The van der Waals surface area contributed by atoms with Gasteiger partial charge in [-0.25, -0.2) is 0 Å². The lowest BCUT2D eigenvalue weighted by Gasteiger charge is -2.31. The summed E-state index contributed by atoms with van der Waals surface area (Å²) < 4.78 is 0. The van der Waals surface area contributed by atoms with Gasteiger partial charge in [0.15, 0.2) is 0 Å². The molecular weight excluding hydrogens is 288 g/mol. The number of carboxylic acids is 1. The summed E-state index contributed by atoms with van der Waals surface area (Å²) in [6.07, 6.45) is 0.713. The van der Waals surface area contributed by atoms with Crippen LogP contribution in [0.3, 0.4) is 0 Å². The van der Waals surface area contributed by atoms with Gasteiger partial charge in [0.2, 0.25) is 0 Å². The molecule has 2 N–H and O–H groups in total. The van der Waals surface area contributed by atoms with E-state index in [1.54, 1.807) is 26.8 Å². The van der Waals surface area contributed by atoms with E-state index in [-0.39, 0.29) is 17.7 Å². The zero-order chi connectivity index (χ0) is 16.9. The van der Waals surface area contributed by atoms with Crippen molar-refractivity contribution in [2.75, 3.05) is 0 Å². The number of hydrogen-bond donors (Lipinski definition) is 2. The number of amides is 1. The third kappa shape index (κ3) is 4.28. The molecule has 1 aromatic rings. The number of benzene rings is 1. The van der Waals surface area contributed by atoms with Crippen LogP contribution in [0.1, 0.15) is 49.0 Å². The van der Waals surface area contributed by atoms with Crippen LogP contribution in [0, 0.1) is 17.0 Å². The van der Waals surface area contributed by atoms with Gasteiger partial charge < -0.3 is 10.4 Å². The van der Waals surface area contributed by atoms with Crippen molar-refractivity contribution in [1.82, 2.24) is 5.32 Å². The second-order valence-electron chi connectivity index (χ2n) is 5.33. The van der Waals surface area contributed by atoms with E-state index in [2.05, 4.69) is 5.32 Å². The molecule has 0 unspecified atom stereocenters. The molecule has 0 atom stereocenters. The fourth-order valence-corrected chi connectivity index (χ4v) is 2.32. The van der Waals surface area contributed by atoms with Crippen LogP contribution in [-0.4, -0.2) is 27.4 Å². The lowest BCUT2D eigenvalue weighted by Crippen LogP contribution is -2.49. The molecule has 0 fully saturated rings. The van der Waals surface area contributed by atoms with Gasteiger partial charge in [0.1, 0.15) is 0 Å². The standard InChI is InChI=1S/C15H20N2O5/c1-4-15(5-2,9-13(18)19)16-14(20)11-6-10(3)7-12(8-11)17(21)22/h6-8H,4-5,9H2,1-3H3,(H,16,20)(H,18,19). The Labute approximate surface area is 128 Å². The van der Waals surface area contributed by atoms with Gasteiger partial charge in [0.05, 0.1) is 16.9 Å². The molecule has 120 valence electrons. The Kier molecular flexibility index (Phi) is 5.62. The number of aryl methyl sites for hydroxylation is 1. The number of hydrogen-bond acceptors (Lipinski definition) is 4. The van der Waals surface area contributed by atoms with Gasteiger partial charge in [0.25, 0.3) is 11.6 Å². The van der Waals surface area contributed by atoms with E-state index in [0.29, 0.717) is 18.4 Å². The lowest BCUT2D eigenvalue weighted by atomic mass is 9.88. The van der Waals surface area contributed by atoms with Crippen molar-refractivity contribution in [3.8, 4) is 0 Å². The van der Waals surface area contributed by atoms with E-state index >= 15 is 0 Å². The number of nitro groups is 1. The highest BCUT2D eigenvalue weighted by atomic mass is 16.6. The van der Waals surface area contributed by atoms with Gasteiger partial charge in [-0.2, -0.15) is 0 Å². The van der Waals surface area contributed by atoms with Crippen LogP contribution in [0.15, 0.2) is 18.2 Å². The van der Waals surface area contributed by atoms with Crippen LogP contribution in [0.2, 0.25) is 0 Å². The van der Waals surface area contributed by atoms with Crippen molar-refractivity contribution in [2.24, 2.45) is 0 Å². The Hall–Kier alpha value is -2.44. The molecule has 0 spiro atoms. The maximum Gasteiger partial charge on any atom is 0.305 e. The van der Waals surface area contributed by atoms with Gasteiger partial charge in [-0.3, -0.25) is 19.7 Å². The summed E-state index contributed by atoms with van der Waals surface area (Å²) in [4.78, 5) is 33.7. The third-order valence-electron chi connectivity index (χ3n) is 3.76. The fraction of sp³-hybridized carbons (Fsp3) is 0.467. The fourth-order valence-electron chi connectivity index (χ4n) is 2.32. The maximum atomic E-state index is 12.4. The molecule has 7 heteroatoms. The minimum atomic E-state index is -1.00. The molecule has 0 aromatic heterocycles. The predicted molar refractivity (Wildman–Crippen MR) is 80.9 cm³/mol. The van der Waals surface area contributed by atoms with Crippen molar-refractivity contribution in [1.29, 1.82) is 0 Å². The number of nitro benzene ring substituents is 1. The molecular formula is C15H20N2O5. The number of carbonyl (C=O) groups is 2. The topological polar surface area (TPSA) is 110 Å². The number of non-ortho nitro benzene ring substituents is 1. The Balaban J connectivity index is 3.09. The molecule has 0 aliphatic rings. The highest BCUT2D eigenvalue weighted by molar-refractivity contribution is 5.95. The summed E-state index contributed by atoms with van der Waals surface area (Å²) in [6.45, 7) is 5.25. The average molecular weight is 308 g/mol. The predicted octanol–water partition coefficient (Wildman–Crippen LogP) is 2.67. The Morgan fingerprint density at radius 2 is 1.86 bits per heavy atom. The van der Waals surface area contributed by atoms with Gasteiger partial charge >= 0.3 is 5.97 Å². The van der Waals surface area contributed by atoms with Crippen molar-refractivity contribution >= 4 is 17.6 Å². The first-order valence-electron chi connectivity index (χ1n) is 7.03. The molecule has 0 aliphatic carbocycles. The van der Waals surface area contributed by atoms with Crippen LogP contribution in [0.25, 0.3) is 0 Å². The first kappa shape index (κ1) is 17.6. The van der Waals surface area contributed by atoms with Crippen LogP contribution >= 0.6 is 0 Å². The second kappa shape index (κ2) is 7.02. The summed E-state index contributed by atoms with van der Waals surface area (Å²) >= 11 is 0. The summed E-state index contributed by atoms with van der Waals surface area (Å²) in [7, 11) is 0. The van der Waals surface area contributed by atoms with Crippen LogP contribution in [0.5, 0.6) is 0 Å². The number of nitrogens with zero attached hydrogens (tertiary/aromatic N) is 1.